The molecule has 0 radical (unpaired) electrons. The molecule has 3 aromatic heterocycles. The lowest BCUT2D eigenvalue weighted by molar-refractivity contribution is 0.0710. The number of carbonyl (C=O) groups excluding carboxylic acids is 1. The molecule has 1 saturated carbocycles. The van der Waals surface area contributed by atoms with Crippen molar-refractivity contribution < 1.29 is 14.3 Å². The highest BCUT2D eigenvalue weighted by Crippen LogP contribution is 2.31. The van der Waals surface area contributed by atoms with Crippen LogP contribution < -0.4 is 5.32 Å². The summed E-state index contributed by atoms with van der Waals surface area (Å²) in [5.41, 5.74) is 0.547. The molecule has 0 aliphatic heterocycles. The van der Waals surface area contributed by atoms with Gasteiger partial charge in [0.05, 0.1) is 25.0 Å². The number of rotatable bonds is 5. The van der Waals surface area contributed by atoms with Gasteiger partial charge in [0.1, 0.15) is 17.7 Å². The molecular weight excluding hydrogens is 312 g/mol. The summed E-state index contributed by atoms with van der Waals surface area (Å²) in [7, 11) is 0. The quantitative estimate of drug-likeness (QED) is 0.653. The van der Waals surface area contributed by atoms with Gasteiger partial charge in [0.15, 0.2) is 5.69 Å². The Morgan fingerprint density at radius 3 is 2.79 bits per heavy atom. The first-order chi connectivity index (χ1) is 11.6. The zero-order chi connectivity index (χ0) is 16.6. The lowest BCUT2D eigenvalue weighted by Gasteiger charge is -2.07. The van der Waals surface area contributed by atoms with E-state index in [1.54, 1.807) is 18.6 Å². The van der Waals surface area contributed by atoms with Gasteiger partial charge in [-0.3, -0.25) is 9.78 Å². The zero-order valence-electron chi connectivity index (χ0n) is 12.6. The smallest absolute Gasteiger partial charge is 0.275 e. The Morgan fingerprint density at radius 1 is 1.33 bits per heavy atom. The van der Waals surface area contributed by atoms with Crippen LogP contribution in [0, 0.1) is 0 Å². The number of pyridine rings is 1. The van der Waals surface area contributed by atoms with E-state index in [9.17, 15) is 9.90 Å². The number of carbonyl (C=O) groups is 1. The molecule has 0 bridgehead atoms. The molecule has 1 amide bonds. The molecule has 9 heteroatoms. The minimum Gasteiger partial charge on any atom is -0.448 e. The van der Waals surface area contributed by atoms with Crippen LogP contribution in [0.4, 0.5) is 0 Å². The van der Waals surface area contributed by atoms with Crippen molar-refractivity contribution in [1.29, 1.82) is 0 Å². The van der Waals surface area contributed by atoms with E-state index in [4.69, 9.17) is 4.42 Å². The zero-order valence-corrected chi connectivity index (χ0v) is 12.6. The molecule has 1 fully saturated rings. The van der Waals surface area contributed by atoms with E-state index >= 15 is 0 Å². The average molecular weight is 326 g/mol. The highest BCUT2D eigenvalue weighted by atomic mass is 16.3. The van der Waals surface area contributed by atoms with Gasteiger partial charge < -0.3 is 14.8 Å². The van der Waals surface area contributed by atoms with E-state index in [1.165, 1.54) is 11.1 Å². The van der Waals surface area contributed by atoms with E-state index in [0.717, 1.165) is 11.4 Å². The Hall–Kier alpha value is -3.07. The van der Waals surface area contributed by atoms with Crippen LogP contribution in [-0.4, -0.2) is 41.7 Å². The first-order valence-corrected chi connectivity index (χ1v) is 7.42. The maximum atomic E-state index is 11.9. The van der Waals surface area contributed by atoms with Crippen molar-refractivity contribution in [2.24, 2.45) is 0 Å². The van der Waals surface area contributed by atoms with Gasteiger partial charge >= 0.3 is 0 Å². The molecule has 2 N–H and O–H groups in total. The Balaban J connectivity index is 1.43. The number of aliphatic hydroxyl groups is 1. The Morgan fingerprint density at radius 2 is 2.12 bits per heavy atom. The number of hydrogen-bond donors (Lipinski definition) is 2. The van der Waals surface area contributed by atoms with Crippen molar-refractivity contribution >= 4 is 5.91 Å². The standard InChI is InChI=1S/C15H14N6O3/c22-14(20-15(23)3-4-15)12-9-24-13(19-12)7-10-1-2-11(8-16-10)21-17-5-6-18-21/h1-2,5-6,8-9,23H,3-4,7H2,(H,20,22). The van der Waals surface area contributed by atoms with Gasteiger partial charge in [-0.15, -0.1) is 0 Å². The van der Waals surface area contributed by atoms with Crippen LogP contribution in [0.15, 0.2) is 41.4 Å². The molecular formula is C15H14N6O3. The van der Waals surface area contributed by atoms with Crippen LogP contribution in [0.3, 0.4) is 0 Å². The number of hydrogen-bond acceptors (Lipinski definition) is 7. The second-order valence-corrected chi connectivity index (χ2v) is 5.62. The molecule has 24 heavy (non-hydrogen) atoms. The average Bonchev–Trinajstić information content (AvgIpc) is 3.02. The molecule has 0 spiro atoms. The SMILES string of the molecule is O=C(NC1(O)CC1)c1coc(Cc2ccc(-n3nccn3)cn2)n1. The van der Waals surface area contributed by atoms with Crippen molar-refractivity contribution in [2.75, 3.05) is 0 Å². The molecule has 3 aromatic rings. The molecule has 0 aromatic carbocycles. The Labute approximate surface area is 136 Å². The van der Waals surface area contributed by atoms with Crippen LogP contribution in [0.1, 0.15) is 34.9 Å². The van der Waals surface area contributed by atoms with Crippen LogP contribution in [0.5, 0.6) is 0 Å². The monoisotopic (exact) mass is 326 g/mol. The number of nitrogens with zero attached hydrogens (tertiary/aromatic N) is 5. The second-order valence-electron chi connectivity index (χ2n) is 5.62. The lowest BCUT2D eigenvalue weighted by atomic mass is 10.2. The number of amides is 1. The van der Waals surface area contributed by atoms with E-state index in [-0.39, 0.29) is 5.69 Å². The van der Waals surface area contributed by atoms with Gasteiger partial charge in [0.25, 0.3) is 5.91 Å². The molecule has 122 valence electrons. The summed E-state index contributed by atoms with van der Waals surface area (Å²) in [5.74, 6) is -0.0709. The maximum absolute atomic E-state index is 11.9. The Bertz CT molecular complexity index is 852. The van der Waals surface area contributed by atoms with E-state index in [1.807, 2.05) is 12.1 Å². The topological polar surface area (TPSA) is 119 Å². The molecule has 0 saturated heterocycles. The van der Waals surface area contributed by atoms with Crippen molar-refractivity contribution in [3.05, 3.63) is 54.3 Å². The number of aromatic nitrogens is 5. The summed E-state index contributed by atoms with van der Waals surface area (Å²) in [6.45, 7) is 0. The minimum atomic E-state index is -1.08. The summed E-state index contributed by atoms with van der Waals surface area (Å²) >= 11 is 0. The van der Waals surface area contributed by atoms with Gasteiger partial charge in [-0.25, -0.2) is 4.98 Å². The van der Waals surface area contributed by atoms with Crippen molar-refractivity contribution in [3.8, 4) is 5.69 Å². The molecule has 4 rings (SSSR count). The third-order valence-corrected chi connectivity index (χ3v) is 3.65. The predicted octanol–water partition coefficient (Wildman–Crippen LogP) is 0.453. The molecule has 9 nitrogen and oxygen atoms in total. The van der Waals surface area contributed by atoms with Crippen LogP contribution in [0.25, 0.3) is 5.69 Å². The normalized spacial score (nSPS) is 15.2. The van der Waals surface area contributed by atoms with E-state index in [2.05, 4.69) is 25.5 Å². The largest absolute Gasteiger partial charge is 0.448 e. The minimum absolute atomic E-state index is 0.141. The fraction of sp³-hybridized carbons (Fsp3) is 0.267. The van der Waals surface area contributed by atoms with Crippen LogP contribution in [-0.2, 0) is 6.42 Å². The van der Waals surface area contributed by atoms with Gasteiger partial charge in [0, 0.05) is 5.69 Å². The third-order valence-electron chi connectivity index (χ3n) is 3.65. The van der Waals surface area contributed by atoms with Crippen LogP contribution in [0.2, 0.25) is 0 Å². The fourth-order valence-electron chi connectivity index (χ4n) is 2.16. The maximum Gasteiger partial charge on any atom is 0.275 e. The van der Waals surface area contributed by atoms with Gasteiger partial charge in [-0.05, 0) is 25.0 Å². The number of oxazole rings is 1. The van der Waals surface area contributed by atoms with Crippen molar-refractivity contribution in [2.45, 2.75) is 25.0 Å². The van der Waals surface area contributed by atoms with E-state index < -0.39 is 11.6 Å². The highest BCUT2D eigenvalue weighted by Gasteiger charge is 2.42. The lowest BCUT2D eigenvalue weighted by Crippen LogP contribution is -2.36. The van der Waals surface area contributed by atoms with E-state index in [0.29, 0.717) is 25.2 Å². The van der Waals surface area contributed by atoms with Gasteiger partial charge in [-0.2, -0.15) is 15.0 Å². The predicted molar refractivity (Wildman–Crippen MR) is 80.1 cm³/mol. The van der Waals surface area contributed by atoms with Crippen molar-refractivity contribution in [1.82, 2.24) is 30.3 Å². The van der Waals surface area contributed by atoms with Gasteiger partial charge in [-0.1, -0.05) is 0 Å². The summed E-state index contributed by atoms with van der Waals surface area (Å²) in [6, 6.07) is 3.65. The summed E-state index contributed by atoms with van der Waals surface area (Å²) in [4.78, 5) is 21.8. The first-order valence-electron chi connectivity index (χ1n) is 7.42. The second kappa shape index (κ2) is 5.53. The van der Waals surface area contributed by atoms with Crippen molar-refractivity contribution in [3.63, 3.8) is 0 Å². The number of nitrogens with one attached hydrogen (secondary N) is 1. The van der Waals surface area contributed by atoms with Gasteiger partial charge in [0.2, 0.25) is 5.89 Å². The molecule has 0 atom stereocenters. The Kier molecular flexibility index (Phi) is 3.35. The summed E-state index contributed by atoms with van der Waals surface area (Å²) in [6.07, 6.45) is 7.57. The summed E-state index contributed by atoms with van der Waals surface area (Å²) < 4.78 is 5.30. The fourth-order valence-corrected chi connectivity index (χ4v) is 2.16. The third kappa shape index (κ3) is 3.01. The molecule has 1 aliphatic rings. The molecule has 0 unspecified atom stereocenters. The first kappa shape index (κ1) is 14.5. The molecule has 3 heterocycles. The van der Waals surface area contributed by atoms with Crippen LogP contribution >= 0.6 is 0 Å². The highest BCUT2D eigenvalue weighted by molar-refractivity contribution is 5.92. The molecule has 1 aliphatic carbocycles. The summed E-state index contributed by atoms with van der Waals surface area (Å²) in [5, 5.41) is 20.3.